The Morgan fingerprint density at radius 3 is 2.26 bits per heavy atom. The van der Waals surface area contributed by atoms with E-state index in [1.54, 1.807) is 33.5 Å². The highest BCUT2D eigenvalue weighted by atomic mass is 32.2. The summed E-state index contributed by atoms with van der Waals surface area (Å²) in [5.41, 5.74) is 0.788. The molecule has 1 aromatic rings. The van der Waals surface area contributed by atoms with Gasteiger partial charge in [0.2, 0.25) is 15.9 Å². The van der Waals surface area contributed by atoms with Crippen LogP contribution in [-0.2, 0) is 14.8 Å². The van der Waals surface area contributed by atoms with Crippen LogP contribution in [0.3, 0.4) is 0 Å². The zero-order valence-corrected chi connectivity index (χ0v) is 14.4. The summed E-state index contributed by atoms with van der Waals surface area (Å²) in [6, 6.07) is 6.74. The van der Waals surface area contributed by atoms with E-state index in [9.17, 15) is 13.2 Å². The minimum atomic E-state index is -3.42. The molecule has 0 saturated carbocycles. The maximum atomic E-state index is 12.7. The summed E-state index contributed by atoms with van der Waals surface area (Å²) < 4.78 is 27.0. The highest BCUT2D eigenvalue weighted by Gasteiger charge is 2.29. The molecule has 0 N–H and O–H groups in total. The summed E-state index contributed by atoms with van der Waals surface area (Å²) in [6.07, 6.45) is 4.44. The molecule has 23 heavy (non-hydrogen) atoms. The number of benzene rings is 1. The third-order valence-corrected chi connectivity index (χ3v) is 6.92. The topological polar surface area (TPSA) is 57.7 Å². The molecule has 0 bridgehead atoms. The van der Waals surface area contributed by atoms with Crippen molar-refractivity contribution < 1.29 is 13.2 Å². The Morgan fingerprint density at radius 2 is 1.74 bits per heavy atom. The van der Waals surface area contributed by atoms with Crippen molar-refractivity contribution >= 4 is 21.6 Å². The Morgan fingerprint density at radius 1 is 1.09 bits per heavy atom. The van der Waals surface area contributed by atoms with Crippen molar-refractivity contribution in [2.75, 3.05) is 24.5 Å². The van der Waals surface area contributed by atoms with E-state index < -0.39 is 10.0 Å². The monoisotopic (exact) mass is 336 g/mol. The summed E-state index contributed by atoms with van der Waals surface area (Å²) in [5.74, 6) is 0.757. The van der Waals surface area contributed by atoms with E-state index in [-0.39, 0.29) is 5.91 Å². The minimum absolute atomic E-state index is 0.113. The Bertz CT molecular complexity index is 662. The predicted molar refractivity (Wildman–Crippen MR) is 89.8 cm³/mol. The third kappa shape index (κ3) is 3.28. The molecule has 2 saturated heterocycles. The lowest BCUT2D eigenvalue weighted by molar-refractivity contribution is -0.117. The van der Waals surface area contributed by atoms with Gasteiger partial charge in [-0.25, -0.2) is 8.42 Å². The fraction of sp³-hybridized carbons (Fsp3) is 0.588. The van der Waals surface area contributed by atoms with Crippen LogP contribution in [0.1, 0.15) is 39.0 Å². The van der Waals surface area contributed by atoms with Crippen LogP contribution in [0, 0.1) is 5.92 Å². The Kier molecular flexibility index (Phi) is 4.73. The van der Waals surface area contributed by atoms with Crippen molar-refractivity contribution in [3.63, 3.8) is 0 Å². The molecule has 0 radical (unpaired) electrons. The van der Waals surface area contributed by atoms with E-state index in [1.807, 2.05) is 0 Å². The lowest BCUT2D eigenvalue weighted by Crippen LogP contribution is -2.38. The molecule has 2 fully saturated rings. The maximum Gasteiger partial charge on any atom is 0.243 e. The summed E-state index contributed by atoms with van der Waals surface area (Å²) in [4.78, 5) is 13.8. The van der Waals surface area contributed by atoms with Crippen molar-refractivity contribution in [1.29, 1.82) is 0 Å². The Labute approximate surface area is 138 Å². The fourth-order valence-corrected chi connectivity index (χ4v) is 4.90. The van der Waals surface area contributed by atoms with Crippen LogP contribution in [0.4, 0.5) is 5.69 Å². The van der Waals surface area contributed by atoms with Gasteiger partial charge in [-0.1, -0.05) is 13.3 Å². The number of anilines is 1. The highest BCUT2D eigenvalue weighted by Crippen LogP contribution is 2.27. The van der Waals surface area contributed by atoms with Gasteiger partial charge in [0.15, 0.2) is 0 Å². The number of rotatable bonds is 4. The van der Waals surface area contributed by atoms with Crippen molar-refractivity contribution in [2.24, 2.45) is 5.92 Å². The van der Waals surface area contributed by atoms with Gasteiger partial charge >= 0.3 is 0 Å². The summed E-state index contributed by atoms with van der Waals surface area (Å²) >= 11 is 0. The minimum Gasteiger partial charge on any atom is -0.312 e. The lowest BCUT2D eigenvalue weighted by atomic mass is 9.96. The second kappa shape index (κ2) is 6.61. The first-order valence-electron chi connectivity index (χ1n) is 8.43. The zero-order valence-electron chi connectivity index (χ0n) is 13.6. The molecule has 2 heterocycles. The van der Waals surface area contributed by atoms with Gasteiger partial charge in [0.05, 0.1) is 4.90 Å². The van der Waals surface area contributed by atoms with Crippen LogP contribution in [0.5, 0.6) is 0 Å². The molecule has 6 heteroatoms. The van der Waals surface area contributed by atoms with Gasteiger partial charge in [0.25, 0.3) is 0 Å². The second-order valence-corrected chi connectivity index (χ2v) is 8.34. The quantitative estimate of drug-likeness (QED) is 0.849. The van der Waals surface area contributed by atoms with E-state index in [0.29, 0.717) is 30.3 Å². The van der Waals surface area contributed by atoms with Crippen LogP contribution in [0.2, 0.25) is 0 Å². The van der Waals surface area contributed by atoms with Gasteiger partial charge in [-0.15, -0.1) is 0 Å². The van der Waals surface area contributed by atoms with Gasteiger partial charge < -0.3 is 4.90 Å². The third-order valence-electron chi connectivity index (χ3n) is 5.01. The Hall–Kier alpha value is -1.40. The van der Waals surface area contributed by atoms with Gasteiger partial charge in [-0.05, 0) is 49.4 Å². The number of hydrogen-bond acceptors (Lipinski definition) is 3. The average molecular weight is 336 g/mol. The van der Waals surface area contributed by atoms with Crippen LogP contribution >= 0.6 is 0 Å². The highest BCUT2D eigenvalue weighted by molar-refractivity contribution is 7.89. The van der Waals surface area contributed by atoms with Crippen molar-refractivity contribution in [3.05, 3.63) is 24.3 Å². The van der Waals surface area contributed by atoms with Crippen LogP contribution in [-0.4, -0.2) is 38.3 Å². The van der Waals surface area contributed by atoms with Gasteiger partial charge in [-0.2, -0.15) is 4.31 Å². The molecular weight excluding hydrogens is 312 g/mol. The summed E-state index contributed by atoms with van der Waals surface area (Å²) in [6.45, 7) is 4.09. The second-order valence-electron chi connectivity index (χ2n) is 6.40. The molecule has 1 aromatic carbocycles. The number of carbonyl (C=O) groups is 1. The molecule has 0 aliphatic carbocycles. The molecule has 5 nitrogen and oxygen atoms in total. The van der Waals surface area contributed by atoms with Gasteiger partial charge in [-0.3, -0.25) is 4.79 Å². The van der Waals surface area contributed by atoms with Gasteiger partial charge in [0, 0.05) is 31.7 Å². The SMILES string of the molecule is CCC1CCN(S(=O)(=O)c2ccc(N3CCCC3=O)cc2)CC1. The smallest absolute Gasteiger partial charge is 0.243 e. The first kappa shape index (κ1) is 16.5. The van der Waals surface area contributed by atoms with Crippen LogP contribution in [0.25, 0.3) is 0 Å². The van der Waals surface area contributed by atoms with Crippen LogP contribution < -0.4 is 4.90 Å². The van der Waals surface area contributed by atoms with Crippen molar-refractivity contribution in [2.45, 2.75) is 43.9 Å². The van der Waals surface area contributed by atoms with E-state index in [4.69, 9.17) is 0 Å². The van der Waals surface area contributed by atoms with Crippen molar-refractivity contribution in [3.8, 4) is 0 Å². The average Bonchev–Trinajstić information content (AvgIpc) is 3.01. The summed E-state index contributed by atoms with van der Waals surface area (Å²) in [5, 5.41) is 0. The maximum absolute atomic E-state index is 12.7. The molecule has 3 rings (SSSR count). The molecule has 1 amide bonds. The van der Waals surface area contributed by atoms with Gasteiger partial charge in [0.1, 0.15) is 0 Å². The first-order valence-corrected chi connectivity index (χ1v) is 9.87. The van der Waals surface area contributed by atoms with Crippen molar-refractivity contribution in [1.82, 2.24) is 4.31 Å². The zero-order chi connectivity index (χ0) is 16.4. The molecule has 0 atom stereocenters. The van der Waals surface area contributed by atoms with E-state index in [0.717, 1.165) is 37.9 Å². The number of carbonyl (C=O) groups excluding carboxylic acids is 1. The summed E-state index contributed by atoms with van der Waals surface area (Å²) in [7, 11) is -3.42. The molecule has 0 aromatic heterocycles. The molecule has 0 spiro atoms. The normalized spacial score (nSPS) is 21.1. The van der Waals surface area contributed by atoms with Crippen LogP contribution in [0.15, 0.2) is 29.2 Å². The fourth-order valence-electron chi connectivity index (χ4n) is 3.43. The standard InChI is InChI=1S/C17H24N2O3S/c1-2-14-9-12-18(13-10-14)23(21,22)16-7-5-15(6-8-16)19-11-3-4-17(19)20/h5-8,14H,2-4,9-13H2,1H3. The first-order chi connectivity index (χ1) is 11.0. The van der Waals surface area contributed by atoms with E-state index in [1.165, 1.54) is 0 Å². The molecule has 2 aliphatic heterocycles. The lowest BCUT2D eigenvalue weighted by Gasteiger charge is -2.30. The molecule has 0 unspecified atom stereocenters. The van der Waals surface area contributed by atoms with E-state index in [2.05, 4.69) is 6.92 Å². The van der Waals surface area contributed by atoms with E-state index >= 15 is 0 Å². The predicted octanol–water partition coefficient (Wildman–Crippen LogP) is 2.62. The number of sulfonamides is 1. The number of nitrogens with zero attached hydrogens (tertiary/aromatic N) is 2. The molecule has 2 aliphatic rings. The number of amides is 1. The number of piperidine rings is 1. The largest absolute Gasteiger partial charge is 0.312 e. The molecule has 126 valence electrons. The molecular formula is C17H24N2O3S. The Balaban J connectivity index is 1.74. The number of hydrogen-bond donors (Lipinski definition) is 0.